The normalized spacial score (nSPS) is 17.0. The summed E-state index contributed by atoms with van der Waals surface area (Å²) in [5.41, 5.74) is 0. The molecule has 1 saturated heterocycles. The lowest BCUT2D eigenvalue weighted by Gasteiger charge is -2.27. The molecule has 1 aliphatic heterocycles. The zero-order valence-corrected chi connectivity index (χ0v) is 7.89. The molecule has 0 unspecified atom stereocenters. The van der Waals surface area contributed by atoms with Crippen LogP contribution in [0.5, 0.6) is 0 Å². The highest BCUT2D eigenvalue weighted by atomic mass is 16.2. The molecule has 1 N–H and O–H groups in total. The molecule has 0 radical (unpaired) electrons. The standard InChI is InChI=1S/C8H13N5O/c14-8(7-13-6-3-10-11-13)12-4-1-9-2-5-12/h3,6,9H,1-2,4-5,7H2. The molecule has 2 rings (SSSR count). The van der Waals surface area contributed by atoms with Crippen LogP contribution >= 0.6 is 0 Å². The first-order chi connectivity index (χ1) is 6.86. The number of carbonyl (C=O) groups is 1. The van der Waals surface area contributed by atoms with E-state index in [0.29, 0.717) is 6.54 Å². The lowest BCUT2D eigenvalue weighted by Crippen LogP contribution is -2.47. The fourth-order valence-electron chi connectivity index (χ4n) is 1.47. The van der Waals surface area contributed by atoms with Gasteiger partial charge in [-0.2, -0.15) is 0 Å². The van der Waals surface area contributed by atoms with Crippen molar-refractivity contribution in [1.82, 2.24) is 25.2 Å². The Morgan fingerprint density at radius 1 is 1.43 bits per heavy atom. The van der Waals surface area contributed by atoms with Crippen molar-refractivity contribution in [3.05, 3.63) is 12.4 Å². The molecule has 1 aliphatic rings. The topological polar surface area (TPSA) is 63.1 Å². The summed E-state index contributed by atoms with van der Waals surface area (Å²) >= 11 is 0. The third-order valence-corrected chi connectivity index (χ3v) is 2.24. The Morgan fingerprint density at radius 3 is 2.86 bits per heavy atom. The average Bonchev–Trinajstić information content (AvgIpc) is 2.72. The minimum Gasteiger partial charge on any atom is -0.339 e. The van der Waals surface area contributed by atoms with E-state index in [0.717, 1.165) is 26.2 Å². The zero-order chi connectivity index (χ0) is 9.80. The predicted molar refractivity (Wildman–Crippen MR) is 49.5 cm³/mol. The van der Waals surface area contributed by atoms with Crippen LogP contribution in [0.1, 0.15) is 0 Å². The van der Waals surface area contributed by atoms with E-state index in [-0.39, 0.29) is 5.91 Å². The maximum atomic E-state index is 11.7. The minimum atomic E-state index is 0.108. The van der Waals surface area contributed by atoms with Crippen LogP contribution in [0, 0.1) is 0 Å². The molecule has 1 amide bonds. The number of carbonyl (C=O) groups excluding carboxylic acids is 1. The van der Waals surface area contributed by atoms with Crippen LogP contribution in [0.2, 0.25) is 0 Å². The van der Waals surface area contributed by atoms with Crippen molar-refractivity contribution in [3.63, 3.8) is 0 Å². The largest absolute Gasteiger partial charge is 0.339 e. The van der Waals surface area contributed by atoms with Crippen LogP contribution in [0.15, 0.2) is 12.4 Å². The van der Waals surface area contributed by atoms with Gasteiger partial charge in [0.25, 0.3) is 0 Å². The zero-order valence-electron chi connectivity index (χ0n) is 7.89. The molecule has 1 aromatic heterocycles. The molecular weight excluding hydrogens is 182 g/mol. The summed E-state index contributed by atoms with van der Waals surface area (Å²) in [6, 6.07) is 0. The second kappa shape index (κ2) is 4.19. The van der Waals surface area contributed by atoms with Crippen molar-refractivity contribution in [2.75, 3.05) is 26.2 Å². The van der Waals surface area contributed by atoms with Crippen molar-refractivity contribution < 1.29 is 4.79 Å². The van der Waals surface area contributed by atoms with Gasteiger partial charge >= 0.3 is 0 Å². The van der Waals surface area contributed by atoms with Gasteiger partial charge in [0, 0.05) is 32.4 Å². The second-order valence-corrected chi connectivity index (χ2v) is 3.23. The van der Waals surface area contributed by atoms with Gasteiger partial charge in [-0.15, -0.1) is 5.10 Å². The van der Waals surface area contributed by atoms with Gasteiger partial charge in [0.15, 0.2) is 0 Å². The Hall–Kier alpha value is -1.43. The van der Waals surface area contributed by atoms with Crippen LogP contribution in [-0.2, 0) is 11.3 Å². The van der Waals surface area contributed by atoms with E-state index in [2.05, 4.69) is 15.6 Å². The summed E-state index contributed by atoms with van der Waals surface area (Å²) in [5, 5.41) is 10.6. The first kappa shape index (κ1) is 9.14. The third kappa shape index (κ3) is 2.08. The number of nitrogens with zero attached hydrogens (tertiary/aromatic N) is 4. The van der Waals surface area contributed by atoms with Gasteiger partial charge < -0.3 is 10.2 Å². The van der Waals surface area contributed by atoms with Crippen LogP contribution in [0.25, 0.3) is 0 Å². The van der Waals surface area contributed by atoms with Crippen molar-refractivity contribution >= 4 is 5.91 Å². The quantitative estimate of drug-likeness (QED) is 0.638. The highest BCUT2D eigenvalue weighted by Gasteiger charge is 2.16. The van der Waals surface area contributed by atoms with E-state index in [1.165, 1.54) is 0 Å². The lowest BCUT2D eigenvalue weighted by molar-refractivity contribution is -0.132. The summed E-state index contributed by atoms with van der Waals surface area (Å²) in [6.45, 7) is 3.62. The molecule has 0 atom stereocenters. The van der Waals surface area contributed by atoms with E-state index in [4.69, 9.17) is 0 Å². The van der Waals surface area contributed by atoms with Crippen LogP contribution in [-0.4, -0.2) is 52.0 Å². The van der Waals surface area contributed by atoms with Crippen molar-refractivity contribution in [3.8, 4) is 0 Å². The fourth-order valence-corrected chi connectivity index (χ4v) is 1.47. The molecule has 14 heavy (non-hydrogen) atoms. The Kier molecular flexibility index (Phi) is 2.73. The maximum absolute atomic E-state index is 11.7. The minimum absolute atomic E-state index is 0.108. The molecule has 0 spiro atoms. The van der Waals surface area contributed by atoms with E-state index >= 15 is 0 Å². The van der Waals surface area contributed by atoms with Crippen molar-refractivity contribution in [2.24, 2.45) is 0 Å². The van der Waals surface area contributed by atoms with E-state index in [9.17, 15) is 4.79 Å². The van der Waals surface area contributed by atoms with Gasteiger partial charge in [0.05, 0.1) is 6.20 Å². The fraction of sp³-hybridized carbons (Fsp3) is 0.625. The third-order valence-electron chi connectivity index (χ3n) is 2.24. The van der Waals surface area contributed by atoms with E-state index in [1.54, 1.807) is 17.1 Å². The van der Waals surface area contributed by atoms with Crippen molar-refractivity contribution in [2.45, 2.75) is 6.54 Å². The van der Waals surface area contributed by atoms with Gasteiger partial charge in [-0.05, 0) is 0 Å². The number of hydrogen-bond donors (Lipinski definition) is 1. The molecule has 1 fully saturated rings. The summed E-state index contributed by atoms with van der Waals surface area (Å²) in [7, 11) is 0. The molecule has 0 aliphatic carbocycles. The van der Waals surface area contributed by atoms with Gasteiger partial charge in [0.2, 0.25) is 5.91 Å². The SMILES string of the molecule is O=C(Cn1ccnn1)N1CCNCC1. The molecule has 1 aromatic rings. The molecule has 0 saturated carbocycles. The van der Waals surface area contributed by atoms with Crippen LogP contribution < -0.4 is 5.32 Å². The number of hydrogen-bond acceptors (Lipinski definition) is 4. The second-order valence-electron chi connectivity index (χ2n) is 3.23. The Labute approximate surface area is 81.9 Å². The first-order valence-corrected chi connectivity index (χ1v) is 4.69. The molecule has 76 valence electrons. The smallest absolute Gasteiger partial charge is 0.244 e. The number of piperazine rings is 1. The molecule has 6 nitrogen and oxygen atoms in total. The van der Waals surface area contributed by atoms with Gasteiger partial charge in [-0.3, -0.25) is 4.79 Å². The van der Waals surface area contributed by atoms with Crippen LogP contribution in [0.4, 0.5) is 0 Å². The lowest BCUT2D eigenvalue weighted by atomic mass is 10.3. The Morgan fingerprint density at radius 2 is 2.21 bits per heavy atom. The summed E-state index contributed by atoms with van der Waals surface area (Å²) < 4.78 is 1.55. The van der Waals surface area contributed by atoms with Gasteiger partial charge in [-0.25, -0.2) is 4.68 Å². The Balaban J connectivity index is 1.88. The highest BCUT2D eigenvalue weighted by Crippen LogP contribution is 1.95. The number of rotatable bonds is 2. The van der Waals surface area contributed by atoms with Gasteiger partial charge in [0.1, 0.15) is 6.54 Å². The van der Waals surface area contributed by atoms with Crippen LogP contribution in [0.3, 0.4) is 0 Å². The van der Waals surface area contributed by atoms with Gasteiger partial charge in [-0.1, -0.05) is 5.21 Å². The first-order valence-electron chi connectivity index (χ1n) is 4.69. The number of amides is 1. The maximum Gasteiger partial charge on any atom is 0.244 e. The highest BCUT2D eigenvalue weighted by molar-refractivity contribution is 5.75. The monoisotopic (exact) mass is 195 g/mol. The molecule has 2 heterocycles. The molecular formula is C8H13N5O. The summed E-state index contributed by atoms with van der Waals surface area (Å²) in [4.78, 5) is 13.5. The number of nitrogens with one attached hydrogen (secondary N) is 1. The Bertz CT molecular complexity index is 291. The summed E-state index contributed by atoms with van der Waals surface area (Å²) in [6.07, 6.45) is 3.27. The molecule has 0 aromatic carbocycles. The summed E-state index contributed by atoms with van der Waals surface area (Å²) in [5.74, 6) is 0.108. The van der Waals surface area contributed by atoms with E-state index in [1.807, 2.05) is 4.90 Å². The predicted octanol–water partition coefficient (Wildman–Crippen LogP) is -1.29. The van der Waals surface area contributed by atoms with Crippen molar-refractivity contribution in [1.29, 1.82) is 0 Å². The molecule has 0 bridgehead atoms. The number of aromatic nitrogens is 3. The molecule has 6 heteroatoms. The van der Waals surface area contributed by atoms with E-state index < -0.39 is 0 Å². The average molecular weight is 195 g/mol.